The van der Waals surface area contributed by atoms with Gasteiger partial charge in [0.1, 0.15) is 6.10 Å². The highest BCUT2D eigenvalue weighted by molar-refractivity contribution is 6.06. The van der Waals surface area contributed by atoms with E-state index in [1.54, 1.807) is 78.6 Å². The zero-order valence-corrected chi connectivity index (χ0v) is 28.7. The Morgan fingerprint density at radius 3 is 2.47 bits per heavy atom. The van der Waals surface area contributed by atoms with Crippen molar-refractivity contribution in [3.8, 4) is 17.2 Å². The van der Waals surface area contributed by atoms with E-state index in [2.05, 4.69) is 20.9 Å². The summed E-state index contributed by atoms with van der Waals surface area (Å²) in [6.45, 7) is 5.10. The van der Waals surface area contributed by atoms with Crippen LogP contribution in [0.5, 0.6) is 17.2 Å². The number of aliphatic hydroxyl groups is 1. The molecule has 0 unspecified atom stereocenters. The maximum absolute atomic E-state index is 13.9. The van der Waals surface area contributed by atoms with Crippen LogP contribution in [-0.4, -0.2) is 78.4 Å². The van der Waals surface area contributed by atoms with Gasteiger partial charge in [-0.1, -0.05) is 37.3 Å². The molecule has 2 heterocycles. The van der Waals surface area contributed by atoms with Gasteiger partial charge in [-0.05, 0) is 68.1 Å². The zero-order valence-electron chi connectivity index (χ0n) is 28.7. The fraction of sp³-hybridized carbons (Fsp3) is 0.289. The van der Waals surface area contributed by atoms with Gasteiger partial charge < -0.3 is 45.9 Å². The third-order valence-corrected chi connectivity index (χ3v) is 8.94. The normalized spacial score (nSPS) is 17.1. The number of carbonyl (C=O) groups is 3. The Bertz CT molecular complexity index is 1900. The average molecular weight is 695 g/mol. The summed E-state index contributed by atoms with van der Waals surface area (Å²) in [5, 5.41) is 18.5. The molecule has 13 heteroatoms. The molecule has 2 aliphatic rings. The number of nitrogens with two attached hydrogens (primary N) is 1. The van der Waals surface area contributed by atoms with Crippen molar-refractivity contribution in [3.63, 3.8) is 0 Å². The molecule has 4 aromatic rings. The van der Waals surface area contributed by atoms with Gasteiger partial charge in [-0.2, -0.15) is 0 Å². The second-order valence-corrected chi connectivity index (χ2v) is 12.9. The second-order valence-electron chi connectivity index (χ2n) is 12.9. The van der Waals surface area contributed by atoms with E-state index in [0.29, 0.717) is 59.4 Å². The molecule has 0 radical (unpaired) electrons. The number of nitrogens with one attached hydrogen (secondary N) is 3. The number of hydrogen-bond acceptors (Lipinski definition) is 9. The van der Waals surface area contributed by atoms with Gasteiger partial charge in [0, 0.05) is 42.9 Å². The number of hydrogen-bond donors (Lipinski definition) is 5. The molecule has 2 aliphatic heterocycles. The Balaban J connectivity index is 1.18. The van der Waals surface area contributed by atoms with Gasteiger partial charge in [0.05, 0.1) is 35.3 Å². The zero-order chi connectivity index (χ0) is 36.1. The Morgan fingerprint density at radius 1 is 0.961 bits per heavy atom. The summed E-state index contributed by atoms with van der Waals surface area (Å²) in [6, 6.07) is 23.6. The summed E-state index contributed by atoms with van der Waals surface area (Å²) >= 11 is 0. The molecule has 0 bridgehead atoms. The number of fused-ring (bicyclic) bond motifs is 2. The summed E-state index contributed by atoms with van der Waals surface area (Å²) in [7, 11) is 1.97. The van der Waals surface area contributed by atoms with E-state index in [0.717, 1.165) is 5.56 Å². The molecular formula is C38H42N6O7. The molecule has 13 nitrogen and oxygen atoms in total. The maximum atomic E-state index is 13.9. The highest BCUT2D eigenvalue weighted by Crippen LogP contribution is 2.36. The minimum absolute atomic E-state index is 0.115. The number of aliphatic hydroxyl groups excluding tert-OH is 1. The number of nitrogens with zero attached hydrogens (tertiary/aromatic N) is 2. The number of ether oxygens (including phenoxy) is 3. The molecule has 0 saturated carbocycles. The molecule has 0 fully saturated rings. The molecule has 51 heavy (non-hydrogen) atoms. The van der Waals surface area contributed by atoms with Crippen molar-refractivity contribution in [2.24, 2.45) is 5.92 Å². The number of carbonyl (C=O) groups excluding carboxylic acids is 3. The first-order valence-electron chi connectivity index (χ1n) is 16.7. The Hall–Kier alpha value is -5.79. The fourth-order valence-corrected chi connectivity index (χ4v) is 6.07. The Labute approximate surface area is 296 Å². The van der Waals surface area contributed by atoms with Gasteiger partial charge in [-0.15, -0.1) is 0 Å². The molecule has 6 rings (SSSR count). The van der Waals surface area contributed by atoms with Crippen molar-refractivity contribution in [2.45, 2.75) is 32.5 Å². The highest BCUT2D eigenvalue weighted by atomic mass is 16.7. The number of urea groups is 1. The number of nitrogen functional groups attached to an aromatic ring is 1. The van der Waals surface area contributed by atoms with Crippen LogP contribution in [0.3, 0.4) is 0 Å². The van der Waals surface area contributed by atoms with Gasteiger partial charge in [-0.3, -0.25) is 14.5 Å². The van der Waals surface area contributed by atoms with Crippen molar-refractivity contribution in [1.82, 2.24) is 9.80 Å². The lowest BCUT2D eigenvalue weighted by molar-refractivity contribution is 0.0343. The lowest BCUT2D eigenvalue weighted by atomic mass is 9.98. The van der Waals surface area contributed by atoms with Crippen LogP contribution in [0.25, 0.3) is 0 Å². The van der Waals surface area contributed by atoms with E-state index in [4.69, 9.17) is 19.9 Å². The number of anilines is 4. The quantitative estimate of drug-likeness (QED) is 0.139. The number of para-hydroxylation sites is 3. The molecule has 0 aromatic heterocycles. The van der Waals surface area contributed by atoms with Crippen molar-refractivity contribution in [3.05, 3.63) is 102 Å². The lowest BCUT2D eigenvalue weighted by Crippen LogP contribution is -2.49. The van der Waals surface area contributed by atoms with E-state index in [-0.39, 0.29) is 42.4 Å². The minimum Gasteiger partial charge on any atom is -0.486 e. The van der Waals surface area contributed by atoms with Crippen LogP contribution in [0.1, 0.15) is 40.1 Å². The number of rotatable bonds is 10. The first kappa shape index (κ1) is 35.1. The summed E-state index contributed by atoms with van der Waals surface area (Å²) in [5.74, 6) is 0.667. The van der Waals surface area contributed by atoms with E-state index in [1.807, 2.05) is 32.2 Å². The van der Waals surface area contributed by atoms with E-state index >= 15 is 0 Å². The van der Waals surface area contributed by atoms with Crippen LogP contribution >= 0.6 is 0 Å². The molecule has 4 amide bonds. The topological polar surface area (TPSA) is 168 Å². The van der Waals surface area contributed by atoms with Gasteiger partial charge in [-0.25, -0.2) is 4.79 Å². The molecule has 0 aliphatic carbocycles. The van der Waals surface area contributed by atoms with E-state index < -0.39 is 18.2 Å². The van der Waals surface area contributed by atoms with Gasteiger partial charge in [0.2, 0.25) is 6.79 Å². The second kappa shape index (κ2) is 15.4. The van der Waals surface area contributed by atoms with Crippen molar-refractivity contribution in [1.29, 1.82) is 0 Å². The summed E-state index contributed by atoms with van der Waals surface area (Å²) in [5.41, 5.74) is 9.61. The minimum atomic E-state index is -0.535. The molecule has 0 spiro atoms. The standard InChI is InChI=1S/C38H42N6O7/c1-23-18-44(24(2)21-45)37(47)28-7-6-10-31(42-38(48)40-27-15-16-32-33(17-27)50-22-49-32)35(28)51-34(23)20-43(3)19-25-11-13-26(14-12-25)36(46)41-30-9-5-4-8-29(30)39/h4-17,23-24,34,45H,18-22,39H2,1-3H3,(H,41,46)(H2,40,42,48)/t23-,24-,34+/m0/s1. The van der Waals surface area contributed by atoms with Crippen LogP contribution in [0, 0.1) is 5.92 Å². The predicted molar refractivity (Wildman–Crippen MR) is 194 cm³/mol. The van der Waals surface area contributed by atoms with Crippen molar-refractivity contribution < 1.29 is 33.7 Å². The molecule has 4 aromatic carbocycles. The van der Waals surface area contributed by atoms with Crippen LogP contribution < -0.4 is 35.9 Å². The SMILES string of the molecule is C[C@H]1CN([C@@H](C)CO)C(=O)c2cccc(NC(=O)Nc3ccc4c(c3)OCO4)c2O[C@@H]1CN(C)Cc1ccc(C(=O)Nc2ccccc2N)cc1. The van der Waals surface area contributed by atoms with Crippen LogP contribution in [0.4, 0.5) is 27.5 Å². The fourth-order valence-electron chi connectivity index (χ4n) is 6.07. The molecule has 266 valence electrons. The third-order valence-electron chi connectivity index (χ3n) is 8.94. The number of benzene rings is 4. The lowest BCUT2D eigenvalue weighted by Gasteiger charge is -2.38. The Kier molecular flexibility index (Phi) is 10.6. The Morgan fingerprint density at radius 2 is 1.71 bits per heavy atom. The first-order valence-corrected chi connectivity index (χ1v) is 16.7. The van der Waals surface area contributed by atoms with E-state index in [9.17, 15) is 19.5 Å². The number of likely N-dealkylation sites (N-methyl/N-ethyl adjacent to an activating group) is 1. The van der Waals surface area contributed by atoms with Gasteiger partial charge in [0.25, 0.3) is 11.8 Å². The average Bonchev–Trinajstić information content (AvgIpc) is 3.59. The summed E-state index contributed by atoms with van der Waals surface area (Å²) in [6.07, 6.45) is -0.406. The molecular weight excluding hydrogens is 652 g/mol. The smallest absolute Gasteiger partial charge is 0.323 e. The molecule has 3 atom stereocenters. The van der Waals surface area contributed by atoms with E-state index in [1.165, 1.54) is 0 Å². The number of amides is 4. The van der Waals surface area contributed by atoms with Crippen molar-refractivity contribution in [2.75, 3.05) is 55.2 Å². The van der Waals surface area contributed by atoms with Crippen molar-refractivity contribution >= 4 is 40.6 Å². The largest absolute Gasteiger partial charge is 0.486 e. The van der Waals surface area contributed by atoms with Crippen LogP contribution in [0.15, 0.2) is 84.9 Å². The van der Waals surface area contributed by atoms with Gasteiger partial charge >= 0.3 is 6.03 Å². The molecule has 6 N–H and O–H groups in total. The monoisotopic (exact) mass is 694 g/mol. The van der Waals surface area contributed by atoms with Crippen LogP contribution in [-0.2, 0) is 6.54 Å². The summed E-state index contributed by atoms with van der Waals surface area (Å²) in [4.78, 5) is 43.7. The van der Waals surface area contributed by atoms with Gasteiger partial charge in [0.15, 0.2) is 17.2 Å². The van der Waals surface area contributed by atoms with Crippen LogP contribution in [0.2, 0.25) is 0 Å². The summed E-state index contributed by atoms with van der Waals surface area (Å²) < 4.78 is 17.4. The highest BCUT2D eigenvalue weighted by Gasteiger charge is 2.34. The predicted octanol–water partition coefficient (Wildman–Crippen LogP) is 5.25. The maximum Gasteiger partial charge on any atom is 0.323 e. The third kappa shape index (κ3) is 8.17. The first-order chi connectivity index (χ1) is 24.6. The molecule has 0 saturated heterocycles.